The molecule has 6 nitrogen and oxygen atoms in total. The maximum absolute atomic E-state index is 10.8. The summed E-state index contributed by atoms with van der Waals surface area (Å²) in [6.07, 6.45) is 1.31. The summed E-state index contributed by atoms with van der Waals surface area (Å²) in [5.74, 6) is -0.939. The van der Waals surface area contributed by atoms with Gasteiger partial charge in [0.2, 0.25) is 5.91 Å². The number of aromatic nitrogens is 1. The van der Waals surface area contributed by atoms with Gasteiger partial charge in [0.05, 0.1) is 12.0 Å². The van der Waals surface area contributed by atoms with Crippen LogP contribution < -0.4 is 11.1 Å². The molecule has 17 heavy (non-hydrogen) atoms. The third-order valence-electron chi connectivity index (χ3n) is 2.11. The fourth-order valence-corrected chi connectivity index (χ4v) is 1.38. The van der Waals surface area contributed by atoms with E-state index in [0.717, 1.165) is 0 Å². The zero-order valence-electron chi connectivity index (χ0n) is 9.73. The third-order valence-corrected chi connectivity index (χ3v) is 2.11. The minimum absolute atomic E-state index is 0.0355. The van der Waals surface area contributed by atoms with E-state index in [4.69, 9.17) is 10.8 Å². The van der Waals surface area contributed by atoms with Crippen molar-refractivity contribution in [3.8, 4) is 0 Å². The summed E-state index contributed by atoms with van der Waals surface area (Å²) in [6.45, 7) is 3.51. The van der Waals surface area contributed by atoms with E-state index in [0.29, 0.717) is 11.4 Å². The molecular weight excluding hydrogens is 222 g/mol. The molecule has 1 aromatic rings. The number of nitrogens with two attached hydrogens (primary N) is 1. The number of hydrogen-bond donors (Lipinski definition) is 3. The summed E-state index contributed by atoms with van der Waals surface area (Å²) < 4.78 is 0. The molecule has 0 saturated carbocycles. The first-order chi connectivity index (χ1) is 7.80. The fourth-order valence-electron chi connectivity index (χ4n) is 1.38. The van der Waals surface area contributed by atoms with Crippen LogP contribution in [0, 0.1) is 0 Å². The Kier molecular flexibility index (Phi) is 3.67. The average molecular weight is 237 g/mol. The van der Waals surface area contributed by atoms with Gasteiger partial charge in [-0.05, 0) is 26.0 Å². The highest BCUT2D eigenvalue weighted by atomic mass is 16.4. The van der Waals surface area contributed by atoms with Crippen LogP contribution in [-0.2, 0) is 4.79 Å². The van der Waals surface area contributed by atoms with Crippen LogP contribution in [0.3, 0.4) is 0 Å². The van der Waals surface area contributed by atoms with Gasteiger partial charge >= 0.3 is 5.97 Å². The van der Waals surface area contributed by atoms with Gasteiger partial charge in [-0.2, -0.15) is 0 Å². The minimum atomic E-state index is -0.892. The fraction of sp³-hybridized carbons (Fsp3) is 0.364. The lowest BCUT2D eigenvalue weighted by Crippen LogP contribution is -2.34. The summed E-state index contributed by atoms with van der Waals surface area (Å²) in [4.78, 5) is 25.4. The number of primary amides is 1. The van der Waals surface area contributed by atoms with Gasteiger partial charge in [0.25, 0.3) is 0 Å². The Labute approximate surface area is 98.8 Å². The quantitative estimate of drug-likeness (QED) is 0.703. The monoisotopic (exact) mass is 237 g/mol. The standard InChI is InChI=1S/C11H15N3O3/c1-11(2,5-9(15)16)14-8-4-3-7(6-13-8)10(12)17/h3-4,6H,5H2,1-2H3,(H2,12,17)(H,13,14)(H,15,16). The van der Waals surface area contributed by atoms with Crippen molar-refractivity contribution in [2.75, 3.05) is 5.32 Å². The number of pyridine rings is 1. The molecule has 0 aromatic carbocycles. The Balaban J connectivity index is 2.75. The first-order valence-corrected chi connectivity index (χ1v) is 5.06. The van der Waals surface area contributed by atoms with Crippen LogP contribution >= 0.6 is 0 Å². The van der Waals surface area contributed by atoms with Gasteiger partial charge in [0, 0.05) is 11.7 Å². The normalized spacial score (nSPS) is 10.9. The van der Waals surface area contributed by atoms with Gasteiger partial charge in [-0.3, -0.25) is 9.59 Å². The lowest BCUT2D eigenvalue weighted by atomic mass is 10.0. The van der Waals surface area contributed by atoms with Crippen molar-refractivity contribution >= 4 is 17.7 Å². The van der Waals surface area contributed by atoms with Crippen LogP contribution in [-0.4, -0.2) is 27.5 Å². The second-order valence-electron chi connectivity index (χ2n) is 4.38. The van der Waals surface area contributed by atoms with Crippen molar-refractivity contribution in [1.29, 1.82) is 0 Å². The van der Waals surface area contributed by atoms with E-state index in [1.165, 1.54) is 12.3 Å². The Morgan fingerprint density at radius 1 is 1.47 bits per heavy atom. The minimum Gasteiger partial charge on any atom is -0.481 e. The number of nitrogens with one attached hydrogen (secondary N) is 1. The summed E-state index contributed by atoms with van der Waals surface area (Å²) >= 11 is 0. The number of amides is 1. The number of carboxylic acid groups (broad SMARTS) is 1. The van der Waals surface area contributed by atoms with E-state index in [1.807, 2.05) is 0 Å². The zero-order valence-corrected chi connectivity index (χ0v) is 9.73. The van der Waals surface area contributed by atoms with Crippen molar-refractivity contribution in [3.63, 3.8) is 0 Å². The summed E-state index contributed by atoms with van der Waals surface area (Å²) in [7, 11) is 0. The molecule has 0 fully saturated rings. The number of aliphatic carboxylic acids is 1. The highest BCUT2D eigenvalue weighted by molar-refractivity contribution is 5.92. The molecule has 0 saturated heterocycles. The van der Waals surface area contributed by atoms with E-state index in [2.05, 4.69) is 10.3 Å². The molecule has 0 radical (unpaired) electrons. The molecule has 1 aromatic heterocycles. The number of hydrogen-bond acceptors (Lipinski definition) is 4. The average Bonchev–Trinajstić information content (AvgIpc) is 2.15. The first kappa shape index (κ1) is 13.0. The Morgan fingerprint density at radius 2 is 2.12 bits per heavy atom. The number of carbonyl (C=O) groups is 2. The van der Waals surface area contributed by atoms with Gasteiger partial charge in [-0.15, -0.1) is 0 Å². The van der Waals surface area contributed by atoms with E-state index < -0.39 is 17.4 Å². The number of anilines is 1. The molecule has 6 heteroatoms. The molecule has 0 aliphatic heterocycles. The van der Waals surface area contributed by atoms with Crippen molar-refractivity contribution in [2.24, 2.45) is 5.73 Å². The van der Waals surface area contributed by atoms with Gasteiger partial charge in [-0.25, -0.2) is 4.98 Å². The Bertz CT molecular complexity index is 426. The van der Waals surface area contributed by atoms with E-state index >= 15 is 0 Å². The van der Waals surface area contributed by atoms with Crippen LogP contribution in [0.15, 0.2) is 18.3 Å². The van der Waals surface area contributed by atoms with E-state index in [9.17, 15) is 9.59 Å². The third kappa shape index (κ3) is 4.10. The van der Waals surface area contributed by atoms with Crippen molar-refractivity contribution in [3.05, 3.63) is 23.9 Å². The summed E-state index contributed by atoms with van der Waals surface area (Å²) in [5.41, 5.74) is 4.77. The largest absolute Gasteiger partial charge is 0.481 e. The number of nitrogens with zero attached hydrogens (tertiary/aromatic N) is 1. The maximum Gasteiger partial charge on any atom is 0.305 e. The van der Waals surface area contributed by atoms with E-state index in [1.54, 1.807) is 19.9 Å². The molecule has 92 valence electrons. The molecule has 0 bridgehead atoms. The highest BCUT2D eigenvalue weighted by Gasteiger charge is 2.21. The lowest BCUT2D eigenvalue weighted by Gasteiger charge is -2.24. The van der Waals surface area contributed by atoms with Crippen LogP contribution in [0.1, 0.15) is 30.6 Å². The van der Waals surface area contributed by atoms with Crippen molar-refractivity contribution in [2.45, 2.75) is 25.8 Å². The zero-order chi connectivity index (χ0) is 13.1. The SMILES string of the molecule is CC(C)(CC(=O)O)Nc1ccc(C(N)=O)cn1. The van der Waals surface area contributed by atoms with E-state index in [-0.39, 0.29) is 6.42 Å². The van der Waals surface area contributed by atoms with Crippen LogP contribution in [0.5, 0.6) is 0 Å². The van der Waals surface area contributed by atoms with Gasteiger partial charge < -0.3 is 16.2 Å². The van der Waals surface area contributed by atoms with Crippen molar-refractivity contribution in [1.82, 2.24) is 4.98 Å². The predicted molar refractivity (Wildman–Crippen MR) is 62.7 cm³/mol. The molecule has 0 atom stereocenters. The molecule has 4 N–H and O–H groups in total. The number of rotatable bonds is 5. The number of carboxylic acids is 1. The summed E-state index contributed by atoms with van der Waals surface area (Å²) in [6, 6.07) is 3.12. The molecule has 1 amide bonds. The molecule has 0 spiro atoms. The smallest absolute Gasteiger partial charge is 0.305 e. The molecule has 1 rings (SSSR count). The summed E-state index contributed by atoms with van der Waals surface area (Å²) in [5, 5.41) is 11.7. The molecule has 1 heterocycles. The van der Waals surface area contributed by atoms with Crippen LogP contribution in [0.25, 0.3) is 0 Å². The Hall–Kier alpha value is -2.11. The predicted octanol–water partition coefficient (Wildman–Crippen LogP) is 0.846. The Morgan fingerprint density at radius 3 is 2.53 bits per heavy atom. The van der Waals surface area contributed by atoms with Gasteiger partial charge in [-0.1, -0.05) is 0 Å². The van der Waals surface area contributed by atoms with Crippen molar-refractivity contribution < 1.29 is 14.7 Å². The molecule has 0 aliphatic carbocycles. The second kappa shape index (κ2) is 4.82. The molecule has 0 unspecified atom stereocenters. The number of carbonyl (C=O) groups excluding carboxylic acids is 1. The molecule has 0 aliphatic rings. The topological polar surface area (TPSA) is 105 Å². The van der Waals surface area contributed by atoms with Gasteiger partial charge in [0.1, 0.15) is 5.82 Å². The lowest BCUT2D eigenvalue weighted by molar-refractivity contribution is -0.137. The first-order valence-electron chi connectivity index (χ1n) is 5.06. The maximum atomic E-state index is 10.8. The second-order valence-corrected chi connectivity index (χ2v) is 4.38. The highest BCUT2D eigenvalue weighted by Crippen LogP contribution is 2.16. The van der Waals surface area contributed by atoms with Crippen LogP contribution in [0.4, 0.5) is 5.82 Å². The molecular formula is C11H15N3O3. The van der Waals surface area contributed by atoms with Gasteiger partial charge in [0.15, 0.2) is 0 Å². The van der Waals surface area contributed by atoms with Crippen LogP contribution in [0.2, 0.25) is 0 Å².